The quantitative estimate of drug-likeness (QED) is 0.620. The molecular formula is C21H24N4O2S. The van der Waals surface area contributed by atoms with E-state index >= 15 is 0 Å². The van der Waals surface area contributed by atoms with E-state index in [4.69, 9.17) is 0 Å². The Bertz CT molecular complexity index is 860. The second-order valence-corrected chi connectivity index (χ2v) is 8.25. The van der Waals surface area contributed by atoms with Crippen LogP contribution in [-0.4, -0.2) is 41.7 Å². The third-order valence-corrected chi connectivity index (χ3v) is 6.29. The zero-order valence-electron chi connectivity index (χ0n) is 15.6. The van der Waals surface area contributed by atoms with Crippen molar-refractivity contribution >= 4 is 29.3 Å². The molecule has 0 spiro atoms. The van der Waals surface area contributed by atoms with Gasteiger partial charge < -0.3 is 16.0 Å². The summed E-state index contributed by atoms with van der Waals surface area (Å²) in [5.74, 6) is 0.384. The Hall–Kier alpha value is -2.35. The number of anilines is 1. The highest BCUT2D eigenvalue weighted by atomic mass is 32.2. The average Bonchev–Trinajstić information content (AvgIpc) is 3.13. The van der Waals surface area contributed by atoms with Crippen LogP contribution in [0.1, 0.15) is 17.0 Å². The number of para-hydroxylation sites is 1. The molecule has 0 aromatic heterocycles. The number of carbonyl (C=O) groups excluding carboxylic acids is 2. The number of fused-ring (bicyclic) bond motifs is 1. The van der Waals surface area contributed by atoms with Gasteiger partial charge in [0.1, 0.15) is 11.5 Å². The molecule has 2 aliphatic heterocycles. The van der Waals surface area contributed by atoms with E-state index in [-0.39, 0.29) is 41.1 Å². The van der Waals surface area contributed by atoms with Gasteiger partial charge in [-0.2, -0.15) is 0 Å². The minimum atomic E-state index is -0.289. The standard InChI is InChI=1S/C21H24N4O2S/c1-13-7-5-6-10-16(13)23-17(26)12-28-21-24-18-15(14-8-3-2-4-9-14)11-22-19(18)20(27)25-21/h2-10,15,18-19,21-22,24H,11-12H2,1H3,(H,23,26)(H,25,27). The molecule has 2 aliphatic rings. The number of benzene rings is 2. The van der Waals surface area contributed by atoms with Crippen molar-refractivity contribution in [3.63, 3.8) is 0 Å². The van der Waals surface area contributed by atoms with E-state index in [0.717, 1.165) is 17.8 Å². The van der Waals surface area contributed by atoms with Gasteiger partial charge in [0.15, 0.2) is 0 Å². The molecule has 7 heteroatoms. The Morgan fingerprint density at radius 3 is 2.68 bits per heavy atom. The number of hydrogen-bond donors (Lipinski definition) is 4. The molecule has 2 fully saturated rings. The third-order valence-electron chi connectivity index (χ3n) is 5.28. The lowest BCUT2D eigenvalue weighted by Crippen LogP contribution is -2.64. The predicted octanol–water partition coefficient (Wildman–Crippen LogP) is 1.79. The fraction of sp³-hybridized carbons (Fsp3) is 0.333. The molecule has 2 saturated heterocycles. The summed E-state index contributed by atoms with van der Waals surface area (Å²) in [6.07, 6.45) is 0. The lowest BCUT2D eigenvalue weighted by molar-refractivity contribution is -0.125. The van der Waals surface area contributed by atoms with Crippen LogP contribution in [0.5, 0.6) is 0 Å². The van der Waals surface area contributed by atoms with E-state index in [0.29, 0.717) is 0 Å². The van der Waals surface area contributed by atoms with Crippen LogP contribution in [-0.2, 0) is 9.59 Å². The smallest absolute Gasteiger partial charge is 0.240 e. The van der Waals surface area contributed by atoms with Crippen molar-refractivity contribution in [2.75, 3.05) is 17.6 Å². The summed E-state index contributed by atoms with van der Waals surface area (Å²) in [7, 11) is 0. The summed E-state index contributed by atoms with van der Waals surface area (Å²) in [5, 5.41) is 12.7. The Balaban J connectivity index is 1.36. The predicted molar refractivity (Wildman–Crippen MR) is 112 cm³/mol. The Morgan fingerprint density at radius 2 is 1.89 bits per heavy atom. The van der Waals surface area contributed by atoms with Crippen molar-refractivity contribution in [2.24, 2.45) is 0 Å². The van der Waals surface area contributed by atoms with Gasteiger partial charge in [0.25, 0.3) is 0 Å². The largest absolute Gasteiger partial charge is 0.330 e. The maximum Gasteiger partial charge on any atom is 0.240 e. The molecule has 0 saturated carbocycles. The summed E-state index contributed by atoms with van der Waals surface area (Å²) < 4.78 is 0. The fourth-order valence-electron chi connectivity index (χ4n) is 3.82. The number of rotatable bonds is 5. The SMILES string of the molecule is Cc1ccccc1NC(=O)CSC1NC(=O)C2NCC(c3ccccc3)C2N1. The Kier molecular flexibility index (Phi) is 5.66. The summed E-state index contributed by atoms with van der Waals surface area (Å²) in [4.78, 5) is 24.8. The first-order valence-electron chi connectivity index (χ1n) is 9.43. The number of thioether (sulfide) groups is 1. The number of carbonyl (C=O) groups is 2. The molecule has 0 bridgehead atoms. The molecule has 2 heterocycles. The van der Waals surface area contributed by atoms with Crippen LogP contribution in [0, 0.1) is 6.92 Å². The first-order chi connectivity index (χ1) is 13.6. The highest BCUT2D eigenvalue weighted by Gasteiger charge is 2.45. The van der Waals surface area contributed by atoms with Crippen LogP contribution < -0.4 is 21.3 Å². The minimum Gasteiger partial charge on any atom is -0.330 e. The maximum atomic E-state index is 12.5. The van der Waals surface area contributed by atoms with Gasteiger partial charge in [-0.25, -0.2) is 0 Å². The van der Waals surface area contributed by atoms with Crippen molar-refractivity contribution in [3.8, 4) is 0 Å². The molecule has 28 heavy (non-hydrogen) atoms. The number of amides is 2. The van der Waals surface area contributed by atoms with Gasteiger partial charge >= 0.3 is 0 Å². The van der Waals surface area contributed by atoms with Gasteiger partial charge in [0.05, 0.1) is 5.75 Å². The summed E-state index contributed by atoms with van der Waals surface area (Å²) in [6.45, 7) is 2.72. The molecule has 2 aromatic rings. The number of nitrogens with one attached hydrogen (secondary N) is 4. The highest BCUT2D eigenvalue weighted by molar-refractivity contribution is 8.00. The molecule has 0 aliphatic carbocycles. The molecule has 2 aromatic carbocycles. The summed E-state index contributed by atoms with van der Waals surface area (Å²) in [5.41, 5.74) is 2.77. The van der Waals surface area contributed by atoms with Crippen LogP contribution in [0.2, 0.25) is 0 Å². The van der Waals surface area contributed by atoms with Crippen LogP contribution >= 0.6 is 11.8 Å². The summed E-state index contributed by atoms with van der Waals surface area (Å²) >= 11 is 1.40. The van der Waals surface area contributed by atoms with Crippen molar-refractivity contribution < 1.29 is 9.59 Å². The van der Waals surface area contributed by atoms with Gasteiger partial charge in [-0.05, 0) is 24.1 Å². The van der Waals surface area contributed by atoms with Gasteiger partial charge in [-0.1, -0.05) is 48.5 Å². The fourth-order valence-corrected chi connectivity index (χ4v) is 4.66. The van der Waals surface area contributed by atoms with Crippen molar-refractivity contribution in [2.45, 2.75) is 30.4 Å². The van der Waals surface area contributed by atoms with E-state index in [2.05, 4.69) is 33.4 Å². The normalized spacial score (nSPS) is 26.4. The van der Waals surface area contributed by atoms with E-state index in [1.165, 1.54) is 17.3 Å². The molecule has 2 amide bonds. The van der Waals surface area contributed by atoms with Crippen molar-refractivity contribution in [1.29, 1.82) is 0 Å². The average molecular weight is 397 g/mol. The van der Waals surface area contributed by atoms with Crippen LogP contribution in [0.3, 0.4) is 0 Å². The molecule has 4 atom stereocenters. The van der Waals surface area contributed by atoms with E-state index in [9.17, 15) is 9.59 Å². The number of hydrogen-bond acceptors (Lipinski definition) is 5. The summed E-state index contributed by atoms with van der Waals surface area (Å²) in [6, 6.07) is 17.7. The lowest BCUT2D eigenvalue weighted by atomic mass is 9.90. The zero-order valence-corrected chi connectivity index (χ0v) is 16.5. The van der Waals surface area contributed by atoms with E-state index < -0.39 is 0 Å². The van der Waals surface area contributed by atoms with Gasteiger partial charge in [-0.3, -0.25) is 14.9 Å². The van der Waals surface area contributed by atoms with Crippen LogP contribution in [0.25, 0.3) is 0 Å². The second kappa shape index (κ2) is 8.34. The van der Waals surface area contributed by atoms with Crippen LogP contribution in [0.4, 0.5) is 5.69 Å². The van der Waals surface area contributed by atoms with Gasteiger partial charge in [0.2, 0.25) is 11.8 Å². The molecule has 0 radical (unpaired) electrons. The monoisotopic (exact) mass is 396 g/mol. The van der Waals surface area contributed by atoms with E-state index in [1.807, 2.05) is 49.4 Å². The first-order valence-corrected chi connectivity index (χ1v) is 10.5. The van der Waals surface area contributed by atoms with Crippen molar-refractivity contribution in [3.05, 3.63) is 65.7 Å². The van der Waals surface area contributed by atoms with Gasteiger partial charge in [-0.15, -0.1) is 11.8 Å². The third kappa shape index (κ3) is 4.06. The molecule has 146 valence electrons. The van der Waals surface area contributed by atoms with Crippen LogP contribution in [0.15, 0.2) is 54.6 Å². The topological polar surface area (TPSA) is 82.3 Å². The van der Waals surface area contributed by atoms with Crippen molar-refractivity contribution in [1.82, 2.24) is 16.0 Å². The maximum absolute atomic E-state index is 12.5. The zero-order chi connectivity index (χ0) is 19.5. The molecule has 6 nitrogen and oxygen atoms in total. The lowest BCUT2D eigenvalue weighted by Gasteiger charge is -2.35. The Morgan fingerprint density at radius 1 is 1.14 bits per heavy atom. The molecule has 4 N–H and O–H groups in total. The number of aryl methyl sites for hydroxylation is 1. The molecule has 4 unspecified atom stereocenters. The van der Waals surface area contributed by atoms with Gasteiger partial charge in [0, 0.05) is 24.2 Å². The minimum absolute atomic E-state index is 0.00748. The molecule has 4 rings (SSSR count). The molecular weight excluding hydrogens is 372 g/mol. The first kappa shape index (κ1) is 19.0. The second-order valence-electron chi connectivity index (χ2n) is 7.16. The highest BCUT2D eigenvalue weighted by Crippen LogP contribution is 2.29. The Labute approximate surface area is 168 Å². The van der Waals surface area contributed by atoms with E-state index in [1.54, 1.807) is 0 Å².